The van der Waals surface area contributed by atoms with E-state index in [1.807, 2.05) is 0 Å². The van der Waals surface area contributed by atoms with Gasteiger partial charge in [0.15, 0.2) is 0 Å². The molecule has 0 radical (unpaired) electrons. The molecule has 0 aromatic carbocycles. The maximum atomic E-state index is 5.67. The maximum Gasteiger partial charge on any atom is 0.0726 e. The highest BCUT2D eigenvalue weighted by molar-refractivity contribution is 4.96. The molecule has 4 unspecified atom stereocenters. The average molecular weight is 211 g/mol. The Labute approximate surface area is 93.8 Å². The Balaban J connectivity index is 1.90. The van der Waals surface area contributed by atoms with Crippen LogP contribution in [0, 0.1) is 5.92 Å². The number of hydrogen-bond donors (Lipinski definition) is 1. The molecular weight excluding hydrogens is 186 g/mol. The van der Waals surface area contributed by atoms with Crippen molar-refractivity contribution in [2.24, 2.45) is 5.92 Å². The van der Waals surface area contributed by atoms with Crippen LogP contribution < -0.4 is 5.32 Å². The lowest BCUT2D eigenvalue weighted by molar-refractivity contribution is 0.0797. The fraction of sp³-hybridized carbons (Fsp3) is 1.00. The standard InChI is InChI=1S/C13H25NO/c1-10-5-4-6-12(9-10)14-13(3)7-8-15-11(13)2/h10-12,14H,4-9H2,1-3H3. The predicted molar refractivity (Wildman–Crippen MR) is 63.0 cm³/mol. The van der Waals surface area contributed by atoms with Crippen molar-refractivity contribution in [3.8, 4) is 0 Å². The zero-order valence-corrected chi connectivity index (χ0v) is 10.4. The van der Waals surface area contributed by atoms with E-state index in [0.717, 1.165) is 18.6 Å². The molecule has 0 aromatic heterocycles. The smallest absolute Gasteiger partial charge is 0.0726 e. The van der Waals surface area contributed by atoms with E-state index in [2.05, 4.69) is 26.1 Å². The molecular formula is C13H25NO. The van der Waals surface area contributed by atoms with Crippen LogP contribution in [0.25, 0.3) is 0 Å². The Morgan fingerprint density at radius 1 is 1.27 bits per heavy atom. The molecule has 2 aliphatic rings. The van der Waals surface area contributed by atoms with Gasteiger partial charge in [-0.1, -0.05) is 19.8 Å². The molecule has 0 spiro atoms. The van der Waals surface area contributed by atoms with Gasteiger partial charge in [-0.05, 0) is 39.0 Å². The summed E-state index contributed by atoms with van der Waals surface area (Å²) in [5.74, 6) is 0.900. The summed E-state index contributed by atoms with van der Waals surface area (Å²) in [6.45, 7) is 7.83. The number of nitrogens with one attached hydrogen (secondary N) is 1. The molecule has 1 N–H and O–H groups in total. The van der Waals surface area contributed by atoms with Gasteiger partial charge in [0.05, 0.1) is 6.10 Å². The Kier molecular flexibility index (Phi) is 3.36. The molecule has 0 bridgehead atoms. The Hall–Kier alpha value is -0.0800. The van der Waals surface area contributed by atoms with E-state index >= 15 is 0 Å². The van der Waals surface area contributed by atoms with Gasteiger partial charge in [0.2, 0.25) is 0 Å². The maximum absolute atomic E-state index is 5.67. The molecule has 1 heterocycles. The van der Waals surface area contributed by atoms with Crippen molar-refractivity contribution in [1.82, 2.24) is 5.32 Å². The third-order valence-electron chi connectivity index (χ3n) is 4.36. The second-order valence-electron chi connectivity index (χ2n) is 5.79. The molecule has 2 fully saturated rings. The van der Waals surface area contributed by atoms with Crippen molar-refractivity contribution in [2.45, 2.75) is 70.6 Å². The van der Waals surface area contributed by atoms with E-state index in [-0.39, 0.29) is 5.54 Å². The molecule has 4 atom stereocenters. The second-order valence-corrected chi connectivity index (χ2v) is 5.79. The van der Waals surface area contributed by atoms with Gasteiger partial charge in [0.25, 0.3) is 0 Å². The minimum absolute atomic E-state index is 0.224. The van der Waals surface area contributed by atoms with Crippen molar-refractivity contribution < 1.29 is 4.74 Å². The van der Waals surface area contributed by atoms with Crippen molar-refractivity contribution in [1.29, 1.82) is 0 Å². The fourth-order valence-corrected chi connectivity index (χ4v) is 3.06. The third kappa shape index (κ3) is 2.54. The monoisotopic (exact) mass is 211 g/mol. The molecule has 2 nitrogen and oxygen atoms in total. The van der Waals surface area contributed by atoms with Crippen LogP contribution in [0.15, 0.2) is 0 Å². The first-order valence-electron chi connectivity index (χ1n) is 6.49. The molecule has 1 saturated carbocycles. The van der Waals surface area contributed by atoms with Gasteiger partial charge in [-0.15, -0.1) is 0 Å². The van der Waals surface area contributed by atoms with Gasteiger partial charge in [-0.3, -0.25) is 0 Å². The number of rotatable bonds is 2. The zero-order valence-electron chi connectivity index (χ0n) is 10.4. The fourth-order valence-electron chi connectivity index (χ4n) is 3.06. The molecule has 0 aromatic rings. The van der Waals surface area contributed by atoms with Gasteiger partial charge in [0, 0.05) is 18.2 Å². The van der Waals surface area contributed by atoms with Crippen LogP contribution >= 0.6 is 0 Å². The summed E-state index contributed by atoms with van der Waals surface area (Å²) in [6.07, 6.45) is 7.05. The average Bonchev–Trinajstić information content (AvgIpc) is 2.47. The number of ether oxygens (including phenoxy) is 1. The summed E-state index contributed by atoms with van der Waals surface area (Å²) in [5, 5.41) is 3.85. The van der Waals surface area contributed by atoms with E-state index in [4.69, 9.17) is 4.74 Å². The van der Waals surface area contributed by atoms with Gasteiger partial charge < -0.3 is 10.1 Å². The normalized spacial score (nSPS) is 47.0. The summed E-state index contributed by atoms with van der Waals surface area (Å²) in [6, 6.07) is 0.725. The van der Waals surface area contributed by atoms with Gasteiger partial charge in [0.1, 0.15) is 0 Å². The second kappa shape index (κ2) is 4.42. The Morgan fingerprint density at radius 3 is 2.67 bits per heavy atom. The van der Waals surface area contributed by atoms with Crippen LogP contribution in [0.3, 0.4) is 0 Å². The van der Waals surface area contributed by atoms with Crippen molar-refractivity contribution in [2.75, 3.05) is 6.61 Å². The van der Waals surface area contributed by atoms with Gasteiger partial charge in [-0.25, -0.2) is 0 Å². The molecule has 0 amide bonds. The lowest BCUT2D eigenvalue weighted by Crippen LogP contribution is -2.53. The van der Waals surface area contributed by atoms with E-state index in [1.165, 1.54) is 32.1 Å². The van der Waals surface area contributed by atoms with Crippen LogP contribution in [0.5, 0.6) is 0 Å². The van der Waals surface area contributed by atoms with Crippen LogP contribution in [-0.2, 0) is 4.74 Å². The van der Waals surface area contributed by atoms with E-state index in [0.29, 0.717) is 6.10 Å². The summed E-state index contributed by atoms with van der Waals surface area (Å²) in [7, 11) is 0. The summed E-state index contributed by atoms with van der Waals surface area (Å²) >= 11 is 0. The van der Waals surface area contributed by atoms with Crippen molar-refractivity contribution in [3.63, 3.8) is 0 Å². The SMILES string of the molecule is CC1CCCC(NC2(C)CCOC2C)C1. The highest BCUT2D eigenvalue weighted by Crippen LogP contribution is 2.30. The quantitative estimate of drug-likeness (QED) is 0.758. The van der Waals surface area contributed by atoms with Crippen LogP contribution in [0.1, 0.15) is 52.9 Å². The highest BCUT2D eigenvalue weighted by atomic mass is 16.5. The summed E-state index contributed by atoms with van der Waals surface area (Å²) < 4.78 is 5.67. The van der Waals surface area contributed by atoms with E-state index < -0.39 is 0 Å². The van der Waals surface area contributed by atoms with Crippen molar-refractivity contribution in [3.05, 3.63) is 0 Å². The van der Waals surface area contributed by atoms with Gasteiger partial charge in [-0.2, -0.15) is 0 Å². The molecule has 2 rings (SSSR count). The van der Waals surface area contributed by atoms with Crippen molar-refractivity contribution >= 4 is 0 Å². The largest absolute Gasteiger partial charge is 0.377 e. The summed E-state index contributed by atoms with van der Waals surface area (Å²) in [5.41, 5.74) is 0.224. The summed E-state index contributed by atoms with van der Waals surface area (Å²) in [4.78, 5) is 0. The first-order chi connectivity index (χ1) is 7.10. The first-order valence-corrected chi connectivity index (χ1v) is 6.49. The topological polar surface area (TPSA) is 21.3 Å². The molecule has 1 aliphatic carbocycles. The van der Waals surface area contributed by atoms with E-state index in [1.54, 1.807) is 0 Å². The predicted octanol–water partition coefficient (Wildman–Crippen LogP) is 2.72. The third-order valence-corrected chi connectivity index (χ3v) is 4.36. The number of hydrogen-bond acceptors (Lipinski definition) is 2. The van der Waals surface area contributed by atoms with Crippen LogP contribution in [0.4, 0.5) is 0 Å². The molecule has 2 heteroatoms. The molecule has 15 heavy (non-hydrogen) atoms. The Bertz CT molecular complexity index is 219. The first kappa shape index (κ1) is 11.4. The van der Waals surface area contributed by atoms with E-state index in [9.17, 15) is 0 Å². The molecule has 1 saturated heterocycles. The highest BCUT2D eigenvalue weighted by Gasteiger charge is 2.38. The van der Waals surface area contributed by atoms with Crippen LogP contribution in [-0.4, -0.2) is 24.3 Å². The lowest BCUT2D eigenvalue weighted by atomic mass is 9.84. The lowest BCUT2D eigenvalue weighted by Gasteiger charge is -2.37. The zero-order chi connectivity index (χ0) is 10.9. The van der Waals surface area contributed by atoms with Crippen LogP contribution in [0.2, 0.25) is 0 Å². The van der Waals surface area contributed by atoms with Gasteiger partial charge >= 0.3 is 0 Å². The molecule has 1 aliphatic heterocycles. The minimum atomic E-state index is 0.224. The Morgan fingerprint density at radius 2 is 2.07 bits per heavy atom. The minimum Gasteiger partial charge on any atom is -0.377 e. The molecule has 88 valence electrons.